The van der Waals surface area contributed by atoms with Crippen molar-refractivity contribution in [2.24, 2.45) is 5.10 Å². The number of halogens is 3. The van der Waals surface area contributed by atoms with Crippen LogP contribution in [0.4, 0.5) is 5.69 Å². The van der Waals surface area contributed by atoms with Crippen molar-refractivity contribution in [2.45, 2.75) is 31.7 Å². The molecule has 1 fully saturated rings. The van der Waals surface area contributed by atoms with E-state index in [0.29, 0.717) is 32.9 Å². The molecule has 2 aromatic rings. The van der Waals surface area contributed by atoms with Gasteiger partial charge in [-0.3, -0.25) is 15.2 Å². The van der Waals surface area contributed by atoms with E-state index in [1.54, 1.807) is 28.5 Å². The van der Waals surface area contributed by atoms with Crippen molar-refractivity contribution in [1.29, 1.82) is 0 Å². The van der Waals surface area contributed by atoms with Gasteiger partial charge in [0.15, 0.2) is 0 Å². The monoisotopic (exact) mass is 456 g/mol. The van der Waals surface area contributed by atoms with Crippen LogP contribution in [-0.2, 0) is 4.79 Å². The molecule has 148 valence electrons. The third-order valence-corrected chi connectivity index (χ3v) is 6.89. The minimum atomic E-state index is -0.187. The zero-order valence-electron chi connectivity index (χ0n) is 15.0. The van der Waals surface area contributed by atoms with Gasteiger partial charge in [0.2, 0.25) is 0 Å². The Morgan fingerprint density at radius 2 is 1.89 bits per heavy atom. The van der Waals surface area contributed by atoms with Crippen LogP contribution in [0.15, 0.2) is 34.7 Å². The van der Waals surface area contributed by atoms with E-state index in [9.17, 15) is 4.79 Å². The van der Waals surface area contributed by atoms with Crippen LogP contribution < -0.4 is 10.4 Å². The van der Waals surface area contributed by atoms with E-state index in [1.807, 2.05) is 22.5 Å². The zero-order valence-corrected chi connectivity index (χ0v) is 18.1. The van der Waals surface area contributed by atoms with E-state index in [2.05, 4.69) is 10.5 Å². The Morgan fingerprint density at radius 1 is 1.11 bits per heavy atom. The first-order valence-corrected chi connectivity index (χ1v) is 11.1. The molecule has 0 radical (unpaired) electrons. The number of piperidine rings is 1. The van der Waals surface area contributed by atoms with Gasteiger partial charge in [0.05, 0.1) is 21.8 Å². The van der Waals surface area contributed by atoms with E-state index in [4.69, 9.17) is 34.8 Å². The number of benzene rings is 1. The molecule has 28 heavy (non-hydrogen) atoms. The fourth-order valence-electron chi connectivity index (χ4n) is 3.50. The summed E-state index contributed by atoms with van der Waals surface area (Å²) >= 11 is 20.4. The van der Waals surface area contributed by atoms with E-state index >= 15 is 0 Å². The fraction of sp³-hybridized carbons (Fsp3) is 0.368. The summed E-state index contributed by atoms with van der Waals surface area (Å²) in [7, 11) is 0. The lowest BCUT2D eigenvalue weighted by atomic mass is 10.1. The molecule has 0 aliphatic carbocycles. The minimum absolute atomic E-state index is 0.174. The molecule has 9 heteroatoms. The first kappa shape index (κ1) is 20.0. The van der Waals surface area contributed by atoms with Gasteiger partial charge in [-0.2, -0.15) is 5.10 Å². The molecule has 2 aliphatic rings. The second-order valence-electron chi connectivity index (χ2n) is 6.83. The molecule has 1 aromatic heterocycles. The molecule has 3 heterocycles. The van der Waals surface area contributed by atoms with Crippen LogP contribution in [-0.4, -0.2) is 29.7 Å². The highest BCUT2D eigenvalue weighted by Crippen LogP contribution is 2.43. The lowest BCUT2D eigenvalue weighted by Gasteiger charge is -2.26. The van der Waals surface area contributed by atoms with Crippen LogP contribution in [0.2, 0.25) is 15.1 Å². The van der Waals surface area contributed by atoms with Gasteiger partial charge in [-0.15, -0.1) is 11.3 Å². The lowest BCUT2D eigenvalue weighted by molar-refractivity contribution is -0.119. The third-order valence-electron chi connectivity index (χ3n) is 4.89. The molecule has 1 aromatic carbocycles. The summed E-state index contributed by atoms with van der Waals surface area (Å²) in [5, 5.41) is 12.0. The van der Waals surface area contributed by atoms with Crippen molar-refractivity contribution in [3.05, 3.63) is 49.6 Å². The summed E-state index contributed by atoms with van der Waals surface area (Å²) in [5.74, 6) is -0.174. The highest BCUT2D eigenvalue weighted by atomic mass is 35.5. The van der Waals surface area contributed by atoms with E-state index < -0.39 is 0 Å². The molecule has 0 bridgehead atoms. The molecule has 5 nitrogen and oxygen atoms in total. The van der Waals surface area contributed by atoms with Gasteiger partial charge in [0, 0.05) is 29.4 Å². The predicted octanol–water partition coefficient (Wildman–Crippen LogP) is 5.53. The SMILES string of the molecule is O=C(NN1CCCCC1)C1=NN(c2ccc(Cl)cc2Cl)C(c2sccc2Cl)C1. The number of nitrogens with one attached hydrogen (secondary N) is 1. The molecular weight excluding hydrogens is 439 g/mol. The van der Waals surface area contributed by atoms with Gasteiger partial charge in [0.1, 0.15) is 5.71 Å². The van der Waals surface area contributed by atoms with Gasteiger partial charge in [-0.25, -0.2) is 5.01 Å². The number of rotatable bonds is 4. The number of carbonyl (C=O) groups is 1. The number of nitrogens with zero attached hydrogens (tertiary/aromatic N) is 3. The van der Waals surface area contributed by atoms with Gasteiger partial charge in [0.25, 0.3) is 5.91 Å². The van der Waals surface area contributed by atoms with Crippen LogP contribution in [0.5, 0.6) is 0 Å². The molecule has 1 unspecified atom stereocenters. The van der Waals surface area contributed by atoms with Crippen LogP contribution in [0, 0.1) is 0 Å². The average molecular weight is 458 g/mol. The average Bonchev–Trinajstić information content (AvgIpc) is 3.28. The largest absolute Gasteiger partial charge is 0.284 e. The number of hydrazone groups is 1. The predicted molar refractivity (Wildman–Crippen MR) is 117 cm³/mol. The number of amides is 1. The molecule has 1 saturated heterocycles. The first-order valence-electron chi connectivity index (χ1n) is 9.13. The quantitative estimate of drug-likeness (QED) is 0.656. The van der Waals surface area contributed by atoms with Crippen LogP contribution in [0.1, 0.15) is 36.6 Å². The summed E-state index contributed by atoms with van der Waals surface area (Å²) < 4.78 is 0. The molecular formula is C19H19Cl3N4OS. The smallest absolute Gasteiger partial charge is 0.281 e. The van der Waals surface area contributed by atoms with Crippen molar-refractivity contribution < 1.29 is 4.79 Å². The fourth-order valence-corrected chi connectivity index (χ4v) is 5.26. The van der Waals surface area contributed by atoms with Crippen molar-refractivity contribution in [2.75, 3.05) is 18.1 Å². The second-order valence-corrected chi connectivity index (χ2v) is 9.03. The Balaban J connectivity index is 1.63. The maximum atomic E-state index is 12.8. The number of thiophene rings is 1. The van der Waals surface area contributed by atoms with Crippen LogP contribution in [0.25, 0.3) is 0 Å². The van der Waals surface area contributed by atoms with Crippen molar-refractivity contribution >= 4 is 63.4 Å². The van der Waals surface area contributed by atoms with Crippen molar-refractivity contribution in [3.63, 3.8) is 0 Å². The van der Waals surface area contributed by atoms with Crippen LogP contribution in [0.3, 0.4) is 0 Å². The highest BCUT2D eigenvalue weighted by Gasteiger charge is 2.35. The third kappa shape index (κ3) is 4.16. The van der Waals surface area contributed by atoms with Gasteiger partial charge >= 0.3 is 0 Å². The van der Waals surface area contributed by atoms with E-state index in [0.717, 1.165) is 30.8 Å². The van der Waals surface area contributed by atoms with Gasteiger partial charge in [-0.1, -0.05) is 41.2 Å². The number of hydrazine groups is 1. The lowest BCUT2D eigenvalue weighted by Crippen LogP contribution is -2.47. The van der Waals surface area contributed by atoms with Crippen molar-refractivity contribution in [3.8, 4) is 0 Å². The first-order chi connectivity index (χ1) is 13.5. The Labute approximate surface area is 182 Å². The zero-order chi connectivity index (χ0) is 19.7. The number of anilines is 1. The molecule has 1 atom stereocenters. The van der Waals surface area contributed by atoms with Gasteiger partial charge in [-0.05, 0) is 42.5 Å². The standard InChI is InChI=1S/C19H19Cl3N4OS/c20-12-4-5-16(14(22)10-12)26-17(18-13(21)6-9-28-18)11-15(23-26)19(27)24-25-7-2-1-3-8-25/h4-6,9-10,17H,1-3,7-8,11H2,(H,24,27). The summed E-state index contributed by atoms with van der Waals surface area (Å²) in [4.78, 5) is 13.8. The number of hydrogen-bond acceptors (Lipinski definition) is 5. The molecule has 1 N–H and O–H groups in total. The Morgan fingerprint density at radius 3 is 2.57 bits per heavy atom. The normalized spacial score (nSPS) is 20.3. The maximum Gasteiger partial charge on any atom is 0.281 e. The summed E-state index contributed by atoms with van der Waals surface area (Å²) in [6, 6.07) is 6.92. The molecule has 2 aliphatic heterocycles. The maximum absolute atomic E-state index is 12.8. The Bertz CT molecular complexity index is 910. The molecule has 4 rings (SSSR count). The highest BCUT2D eigenvalue weighted by molar-refractivity contribution is 7.10. The molecule has 0 spiro atoms. The Hall–Kier alpha value is -1.31. The summed E-state index contributed by atoms with van der Waals surface area (Å²) in [5.41, 5.74) is 4.15. The molecule has 1 amide bonds. The number of hydrogen-bond donors (Lipinski definition) is 1. The van der Waals surface area contributed by atoms with Gasteiger partial charge < -0.3 is 0 Å². The molecule has 0 saturated carbocycles. The Kier molecular flexibility index (Phi) is 6.13. The summed E-state index contributed by atoms with van der Waals surface area (Å²) in [6.45, 7) is 1.73. The van der Waals surface area contributed by atoms with Crippen LogP contribution >= 0.6 is 46.1 Å². The second kappa shape index (κ2) is 8.59. The topological polar surface area (TPSA) is 47.9 Å². The minimum Gasteiger partial charge on any atom is -0.284 e. The number of carbonyl (C=O) groups excluding carboxylic acids is 1. The summed E-state index contributed by atoms with van der Waals surface area (Å²) in [6.07, 6.45) is 3.84. The van der Waals surface area contributed by atoms with E-state index in [-0.39, 0.29) is 11.9 Å². The van der Waals surface area contributed by atoms with E-state index in [1.165, 1.54) is 6.42 Å². The van der Waals surface area contributed by atoms with Crippen molar-refractivity contribution in [1.82, 2.24) is 10.4 Å².